The van der Waals surface area contributed by atoms with E-state index < -0.39 is 0 Å². The van der Waals surface area contributed by atoms with Gasteiger partial charge in [-0.3, -0.25) is 9.59 Å². The molecule has 0 atom stereocenters. The molecule has 1 fully saturated rings. The highest BCUT2D eigenvalue weighted by Gasteiger charge is 2.18. The molecule has 5 nitrogen and oxygen atoms in total. The number of nitrogens with one attached hydrogen (secondary N) is 2. The van der Waals surface area contributed by atoms with Crippen molar-refractivity contribution in [3.63, 3.8) is 0 Å². The molecule has 0 aromatic heterocycles. The predicted molar refractivity (Wildman–Crippen MR) is 82.2 cm³/mol. The average Bonchev–Trinajstić information content (AvgIpc) is 2.92. The van der Waals surface area contributed by atoms with Crippen LogP contribution in [0.25, 0.3) is 0 Å². The minimum atomic E-state index is -0.216. The molecule has 114 valence electrons. The van der Waals surface area contributed by atoms with Crippen molar-refractivity contribution in [2.45, 2.75) is 32.1 Å². The van der Waals surface area contributed by atoms with Crippen molar-refractivity contribution < 1.29 is 14.3 Å². The van der Waals surface area contributed by atoms with Crippen LogP contribution in [0.1, 0.15) is 32.1 Å². The molecule has 2 rings (SSSR count). The number of carbonyl (C=O) groups excluding carboxylic acids is 2. The van der Waals surface area contributed by atoms with E-state index in [2.05, 4.69) is 10.6 Å². The van der Waals surface area contributed by atoms with Gasteiger partial charge >= 0.3 is 0 Å². The fourth-order valence-electron chi connectivity index (χ4n) is 2.69. The van der Waals surface area contributed by atoms with Crippen molar-refractivity contribution in [2.75, 3.05) is 24.4 Å². The van der Waals surface area contributed by atoms with Crippen LogP contribution < -0.4 is 10.6 Å². The molecule has 2 N–H and O–H groups in total. The summed E-state index contributed by atoms with van der Waals surface area (Å²) in [6, 6.07) is 7.15. The van der Waals surface area contributed by atoms with Gasteiger partial charge in [0.1, 0.15) is 6.61 Å². The molecular weight excluding hydrogens is 268 g/mol. The van der Waals surface area contributed by atoms with E-state index >= 15 is 0 Å². The zero-order valence-electron chi connectivity index (χ0n) is 12.4. The van der Waals surface area contributed by atoms with E-state index in [0.717, 1.165) is 12.8 Å². The Balaban J connectivity index is 1.87. The van der Waals surface area contributed by atoms with Crippen molar-refractivity contribution in [1.29, 1.82) is 0 Å². The SMILES string of the molecule is COCC(=O)Nc1cccc(NC(=O)CC2CCCC2)c1. The van der Waals surface area contributed by atoms with Crippen LogP contribution in [0.3, 0.4) is 0 Å². The molecule has 0 spiro atoms. The maximum absolute atomic E-state index is 12.0. The highest BCUT2D eigenvalue weighted by atomic mass is 16.5. The molecule has 0 radical (unpaired) electrons. The molecule has 0 unspecified atom stereocenters. The normalized spacial score (nSPS) is 14.9. The van der Waals surface area contributed by atoms with Gasteiger partial charge in [0.25, 0.3) is 0 Å². The number of rotatable bonds is 6. The molecule has 1 aliphatic rings. The second-order valence-corrected chi connectivity index (χ2v) is 5.46. The highest BCUT2D eigenvalue weighted by Crippen LogP contribution is 2.27. The topological polar surface area (TPSA) is 67.4 Å². The summed E-state index contributed by atoms with van der Waals surface area (Å²) < 4.78 is 4.76. The number of carbonyl (C=O) groups is 2. The van der Waals surface area contributed by atoms with Gasteiger partial charge in [-0.15, -0.1) is 0 Å². The Kier molecular flexibility index (Phi) is 5.75. The van der Waals surface area contributed by atoms with Gasteiger partial charge in [0.15, 0.2) is 0 Å². The lowest BCUT2D eigenvalue weighted by atomic mass is 10.0. The number of benzene rings is 1. The maximum Gasteiger partial charge on any atom is 0.250 e. The van der Waals surface area contributed by atoms with Gasteiger partial charge in [0.05, 0.1) is 0 Å². The van der Waals surface area contributed by atoms with Crippen LogP contribution in [0.15, 0.2) is 24.3 Å². The van der Waals surface area contributed by atoms with Gasteiger partial charge in [-0.25, -0.2) is 0 Å². The van der Waals surface area contributed by atoms with Crippen LogP contribution in [0, 0.1) is 5.92 Å². The number of hydrogen-bond donors (Lipinski definition) is 2. The molecular formula is C16H22N2O3. The summed E-state index contributed by atoms with van der Waals surface area (Å²) in [5.74, 6) is 0.351. The smallest absolute Gasteiger partial charge is 0.250 e. The Morgan fingerprint density at radius 1 is 1.14 bits per heavy atom. The van der Waals surface area contributed by atoms with Gasteiger partial charge in [-0.1, -0.05) is 18.9 Å². The van der Waals surface area contributed by atoms with E-state index in [1.54, 1.807) is 18.2 Å². The van der Waals surface area contributed by atoms with Crippen LogP contribution in [-0.2, 0) is 14.3 Å². The maximum atomic E-state index is 12.0. The first-order chi connectivity index (χ1) is 10.2. The third-order valence-corrected chi connectivity index (χ3v) is 3.65. The monoisotopic (exact) mass is 290 g/mol. The summed E-state index contributed by atoms with van der Waals surface area (Å²) in [6.07, 6.45) is 5.36. The van der Waals surface area contributed by atoms with Crippen molar-refractivity contribution >= 4 is 23.2 Å². The van der Waals surface area contributed by atoms with Crippen molar-refractivity contribution in [1.82, 2.24) is 0 Å². The Hall–Kier alpha value is -1.88. The van der Waals surface area contributed by atoms with Gasteiger partial charge in [-0.2, -0.15) is 0 Å². The van der Waals surface area contributed by atoms with Gasteiger partial charge in [0.2, 0.25) is 11.8 Å². The number of hydrogen-bond acceptors (Lipinski definition) is 3. The van der Waals surface area contributed by atoms with Crippen LogP contribution >= 0.6 is 0 Å². The minimum absolute atomic E-state index is 0.0122. The summed E-state index contributed by atoms with van der Waals surface area (Å²) in [6.45, 7) is 0.0122. The summed E-state index contributed by atoms with van der Waals surface area (Å²) in [5.41, 5.74) is 1.35. The fourth-order valence-corrected chi connectivity index (χ4v) is 2.69. The van der Waals surface area contributed by atoms with Crippen LogP contribution in [0.5, 0.6) is 0 Å². The lowest BCUT2D eigenvalue weighted by Gasteiger charge is -2.11. The van der Waals surface area contributed by atoms with Gasteiger partial charge in [0, 0.05) is 24.9 Å². The number of amides is 2. The Morgan fingerprint density at radius 2 is 1.76 bits per heavy atom. The molecule has 1 aliphatic carbocycles. The predicted octanol–water partition coefficient (Wildman–Crippen LogP) is 2.79. The largest absolute Gasteiger partial charge is 0.375 e. The van der Waals surface area contributed by atoms with Crippen LogP contribution in [0.4, 0.5) is 11.4 Å². The summed E-state index contributed by atoms with van der Waals surface area (Å²) in [4.78, 5) is 23.4. The lowest BCUT2D eigenvalue weighted by molar-refractivity contribution is -0.119. The van der Waals surface area contributed by atoms with E-state index in [-0.39, 0.29) is 18.4 Å². The standard InChI is InChI=1S/C16H22N2O3/c1-21-11-16(20)18-14-8-4-7-13(10-14)17-15(19)9-12-5-2-3-6-12/h4,7-8,10,12H,2-3,5-6,9,11H2,1H3,(H,17,19)(H,18,20). The molecule has 21 heavy (non-hydrogen) atoms. The van der Waals surface area contributed by atoms with Crippen molar-refractivity contribution in [3.8, 4) is 0 Å². The average molecular weight is 290 g/mol. The first-order valence-corrected chi connectivity index (χ1v) is 7.36. The molecule has 1 saturated carbocycles. The molecule has 0 saturated heterocycles. The Morgan fingerprint density at radius 3 is 2.38 bits per heavy atom. The summed E-state index contributed by atoms with van der Waals surface area (Å²) in [7, 11) is 1.47. The van der Waals surface area contributed by atoms with Gasteiger partial charge < -0.3 is 15.4 Å². The summed E-state index contributed by atoms with van der Waals surface area (Å²) in [5, 5.41) is 5.61. The van der Waals surface area contributed by atoms with Crippen LogP contribution in [0.2, 0.25) is 0 Å². The third kappa shape index (κ3) is 5.19. The quantitative estimate of drug-likeness (QED) is 0.846. The molecule has 2 amide bonds. The number of ether oxygens (including phenoxy) is 1. The Labute approximate surface area is 125 Å². The molecule has 0 heterocycles. The molecule has 1 aromatic carbocycles. The second-order valence-electron chi connectivity index (χ2n) is 5.46. The fraction of sp³-hybridized carbons (Fsp3) is 0.500. The molecule has 0 aliphatic heterocycles. The minimum Gasteiger partial charge on any atom is -0.375 e. The van der Waals surface area contributed by atoms with Crippen LogP contribution in [-0.4, -0.2) is 25.5 Å². The van der Waals surface area contributed by atoms with E-state index in [9.17, 15) is 9.59 Å². The molecule has 1 aromatic rings. The summed E-state index contributed by atoms with van der Waals surface area (Å²) >= 11 is 0. The molecule has 5 heteroatoms. The highest BCUT2D eigenvalue weighted by molar-refractivity contribution is 5.94. The van der Waals surface area contributed by atoms with E-state index in [1.165, 1.54) is 20.0 Å². The first kappa shape index (κ1) is 15.5. The zero-order chi connectivity index (χ0) is 15.1. The lowest BCUT2D eigenvalue weighted by Crippen LogP contribution is -2.18. The third-order valence-electron chi connectivity index (χ3n) is 3.65. The first-order valence-electron chi connectivity index (χ1n) is 7.36. The number of anilines is 2. The van der Waals surface area contributed by atoms with E-state index in [0.29, 0.717) is 23.7 Å². The number of methoxy groups -OCH3 is 1. The van der Waals surface area contributed by atoms with E-state index in [4.69, 9.17) is 4.74 Å². The molecule has 0 bridgehead atoms. The second kappa shape index (κ2) is 7.78. The zero-order valence-corrected chi connectivity index (χ0v) is 12.4. The van der Waals surface area contributed by atoms with Gasteiger partial charge in [-0.05, 0) is 37.0 Å². The Bertz CT molecular complexity index is 496. The van der Waals surface area contributed by atoms with E-state index in [1.807, 2.05) is 6.07 Å². The van der Waals surface area contributed by atoms with Crippen molar-refractivity contribution in [3.05, 3.63) is 24.3 Å². The van der Waals surface area contributed by atoms with Crippen molar-refractivity contribution in [2.24, 2.45) is 5.92 Å².